The number of hydrogen-bond donors (Lipinski definition) is 1. The molecule has 1 amide bonds. The standard InChI is InChI=1S/C21H15NO4/c23-19(14-4-2-1-3-5-14)15-6-8-16(9-7-15)20(24)22-18-12-10-17(11-13-18)21(25)26/h1-13H,(H,22,24)(H,25,26)/p-1. The molecule has 0 saturated carbocycles. The van der Waals surface area contributed by atoms with E-state index in [4.69, 9.17) is 0 Å². The minimum Gasteiger partial charge on any atom is -0.545 e. The molecule has 0 spiro atoms. The average Bonchev–Trinajstić information content (AvgIpc) is 2.68. The molecule has 0 fully saturated rings. The number of ketones is 1. The Labute approximate surface area is 149 Å². The number of rotatable bonds is 5. The molecule has 0 aliphatic rings. The molecule has 0 heterocycles. The summed E-state index contributed by atoms with van der Waals surface area (Å²) in [4.78, 5) is 35.3. The van der Waals surface area contributed by atoms with Gasteiger partial charge in [0.2, 0.25) is 0 Å². The van der Waals surface area contributed by atoms with Crippen molar-refractivity contribution in [2.45, 2.75) is 0 Å². The maximum absolute atomic E-state index is 12.4. The van der Waals surface area contributed by atoms with Crippen LogP contribution in [0.2, 0.25) is 0 Å². The van der Waals surface area contributed by atoms with E-state index in [1.165, 1.54) is 24.3 Å². The van der Waals surface area contributed by atoms with Crippen molar-refractivity contribution >= 4 is 23.3 Å². The van der Waals surface area contributed by atoms with E-state index in [1.54, 1.807) is 48.5 Å². The molecule has 26 heavy (non-hydrogen) atoms. The predicted octanol–water partition coefficient (Wildman–Crippen LogP) is 2.53. The fourth-order valence-corrected chi connectivity index (χ4v) is 2.42. The van der Waals surface area contributed by atoms with Gasteiger partial charge in [-0.1, -0.05) is 54.6 Å². The van der Waals surface area contributed by atoms with E-state index in [1.807, 2.05) is 6.07 Å². The van der Waals surface area contributed by atoms with Crippen molar-refractivity contribution in [2.24, 2.45) is 0 Å². The van der Waals surface area contributed by atoms with Crippen molar-refractivity contribution in [3.63, 3.8) is 0 Å². The highest BCUT2D eigenvalue weighted by atomic mass is 16.4. The van der Waals surface area contributed by atoms with Gasteiger partial charge in [0.1, 0.15) is 0 Å². The van der Waals surface area contributed by atoms with Crippen LogP contribution in [0.4, 0.5) is 5.69 Å². The van der Waals surface area contributed by atoms with Crippen LogP contribution < -0.4 is 10.4 Å². The Hall–Kier alpha value is -3.73. The van der Waals surface area contributed by atoms with Gasteiger partial charge in [0.15, 0.2) is 5.78 Å². The van der Waals surface area contributed by atoms with Gasteiger partial charge in [-0.15, -0.1) is 0 Å². The monoisotopic (exact) mass is 344 g/mol. The molecule has 5 nitrogen and oxygen atoms in total. The summed E-state index contributed by atoms with van der Waals surface area (Å²) in [6.07, 6.45) is 0. The topological polar surface area (TPSA) is 86.3 Å². The lowest BCUT2D eigenvalue weighted by Crippen LogP contribution is -2.22. The number of anilines is 1. The molecule has 0 aromatic heterocycles. The number of carbonyl (C=O) groups is 3. The highest BCUT2D eigenvalue weighted by Crippen LogP contribution is 2.14. The van der Waals surface area contributed by atoms with Crippen LogP contribution in [0.15, 0.2) is 78.9 Å². The zero-order valence-electron chi connectivity index (χ0n) is 13.6. The molecule has 0 bridgehead atoms. The molecule has 0 unspecified atom stereocenters. The third-order valence-electron chi connectivity index (χ3n) is 3.82. The molecule has 3 aromatic rings. The van der Waals surface area contributed by atoms with Crippen LogP contribution in [0.3, 0.4) is 0 Å². The molecule has 0 aliphatic heterocycles. The van der Waals surface area contributed by atoms with Crippen LogP contribution >= 0.6 is 0 Å². The summed E-state index contributed by atoms with van der Waals surface area (Å²) < 4.78 is 0. The van der Waals surface area contributed by atoms with Gasteiger partial charge in [-0.25, -0.2) is 0 Å². The Bertz CT molecular complexity index is 946. The first kappa shape index (κ1) is 17.1. The van der Waals surface area contributed by atoms with Crippen LogP contribution in [0.1, 0.15) is 36.6 Å². The average molecular weight is 344 g/mol. The van der Waals surface area contributed by atoms with Crippen LogP contribution in [-0.2, 0) is 0 Å². The quantitative estimate of drug-likeness (QED) is 0.721. The fourth-order valence-electron chi connectivity index (χ4n) is 2.42. The Balaban J connectivity index is 1.71. The Morgan fingerprint density at radius 1 is 0.615 bits per heavy atom. The number of aromatic carboxylic acids is 1. The van der Waals surface area contributed by atoms with Crippen molar-refractivity contribution in [1.29, 1.82) is 0 Å². The first-order valence-corrected chi connectivity index (χ1v) is 7.87. The minimum absolute atomic E-state index is 0.0341. The number of carboxylic acid groups (broad SMARTS) is 1. The van der Waals surface area contributed by atoms with Crippen LogP contribution in [0.25, 0.3) is 0 Å². The summed E-state index contributed by atoms with van der Waals surface area (Å²) in [6.45, 7) is 0. The maximum Gasteiger partial charge on any atom is 0.255 e. The Morgan fingerprint density at radius 2 is 1.12 bits per heavy atom. The summed E-state index contributed by atoms with van der Waals surface area (Å²) >= 11 is 0. The van der Waals surface area contributed by atoms with E-state index in [0.717, 1.165) is 0 Å². The lowest BCUT2D eigenvalue weighted by Gasteiger charge is -2.08. The SMILES string of the molecule is O=C([O-])c1ccc(NC(=O)c2ccc(C(=O)c3ccccc3)cc2)cc1. The summed E-state index contributed by atoms with van der Waals surface area (Å²) in [5, 5.41) is 13.4. The van der Waals surface area contributed by atoms with Gasteiger partial charge in [-0.3, -0.25) is 9.59 Å². The molecule has 0 saturated heterocycles. The van der Waals surface area contributed by atoms with Crippen molar-refractivity contribution in [1.82, 2.24) is 0 Å². The maximum atomic E-state index is 12.4. The normalized spacial score (nSPS) is 10.2. The van der Waals surface area contributed by atoms with E-state index < -0.39 is 5.97 Å². The van der Waals surface area contributed by atoms with Gasteiger partial charge in [-0.2, -0.15) is 0 Å². The molecule has 128 valence electrons. The lowest BCUT2D eigenvalue weighted by atomic mass is 10.0. The molecular weight excluding hydrogens is 330 g/mol. The first-order chi connectivity index (χ1) is 12.5. The van der Waals surface area contributed by atoms with Gasteiger partial charge in [0.05, 0.1) is 5.97 Å². The second-order valence-electron chi connectivity index (χ2n) is 5.59. The molecule has 3 rings (SSSR count). The third kappa shape index (κ3) is 3.84. The van der Waals surface area contributed by atoms with E-state index in [-0.39, 0.29) is 17.3 Å². The summed E-state index contributed by atoms with van der Waals surface area (Å²) in [5.74, 6) is -1.75. The molecule has 3 aromatic carbocycles. The van der Waals surface area contributed by atoms with Gasteiger partial charge in [0.25, 0.3) is 5.91 Å². The molecule has 1 N–H and O–H groups in total. The van der Waals surface area contributed by atoms with Crippen LogP contribution in [0.5, 0.6) is 0 Å². The van der Waals surface area contributed by atoms with Crippen LogP contribution in [0, 0.1) is 0 Å². The number of benzene rings is 3. The van der Waals surface area contributed by atoms with Crippen molar-refractivity contribution in [3.05, 3.63) is 101 Å². The second kappa shape index (κ2) is 7.44. The first-order valence-electron chi connectivity index (χ1n) is 7.87. The highest BCUT2D eigenvalue weighted by Gasteiger charge is 2.11. The van der Waals surface area contributed by atoms with E-state index in [9.17, 15) is 19.5 Å². The number of carboxylic acids is 1. The zero-order valence-corrected chi connectivity index (χ0v) is 13.6. The van der Waals surface area contributed by atoms with Crippen molar-refractivity contribution in [3.8, 4) is 0 Å². The van der Waals surface area contributed by atoms with Gasteiger partial charge < -0.3 is 15.2 Å². The van der Waals surface area contributed by atoms with E-state index in [0.29, 0.717) is 22.4 Å². The fraction of sp³-hybridized carbons (Fsp3) is 0. The summed E-state index contributed by atoms with van der Waals surface area (Å²) in [7, 11) is 0. The lowest BCUT2D eigenvalue weighted by molar-refractivity contribution is -0.255. The van der Waals surface area contributed by atoms with Gasteiger partial charge >= 0.3 is 0 Å². The molecule has 5 heteroatoms. The molecule has 0 radical (unpaired) electrons. The Kier molecular flexibility index (Phi) is 4.90. The minimum atomic E-state index is -1.28. The number of hydrogen-bond acceptors (Lipinski definition) is 4. The van der Waals surface area contributed by atoms with Gasteiger partial charge in [0, 0.05) is 22.4 Å². The van der Waals surface area contributed by atoms with Gasteiger partial charge in [-0.05, 0) is 29.8 Å². The largest absolute Gasteiger partial charge is 0.545 e. The molecule has 0 aliphatic carbocycles. The number of amides is 1. The Morgan fingerprint density at radius 3 is 1.69 bits per heavy atom. The smallest absolute Gasteiger partial charge is 0.255 e. The number of nitrogens with one attached hydrogen (secondary N) is 1. The predicted molar refractivity (Wildman–Crippen MR) is 95.0 cm³/mol. The van der Waals surface area contributed by atoms with E-state index in [2.05, 4.69) is 5.32 Å². The van der Waals surface area contributed by atoms with Crippen molar-refractivity contribution in [2.75, 3.05) is 5.32 Å². The van der Waals surface area contributed by atoms with Crippen molar-refractivity contribution < 1.29 is 19.5 Å². The number of carbonyl (C=O) groups excluding carboxylic acids is 3. The summed E-state index contributed by atoms with van der Waals surface area (Å²) in [6, 6.07) is 20.9. The molecule has 0 atom stereocenters. The zero-order chi connectivity index (χ0) is 18.5. The molecular formula is C21H14NO4-. The van der Waals surface area contributed by atoms with E-state index >= 15 is 0 Å². The summed E-state index contributed by atoms with van der Waals surface area (Å²) in [5.41, 5.74) is 1.96. The van der Waals surface area contributed by atoms with Crippen LogP contribution in [-0.4, -0.2) is 17.7 Å². The third-order valence-corrected chi connectivity index (χ3v) is 3.82. The second-order valence-corrected chi connectivity index (χ2v) is 5.59. The highest BCUT2D eigenvalue weighted by molar-refractivity contribution is 6.10.